The average Bonchev–Trinajstić information content (AvgIpc) is 3.49. The molecule has 1 spiro atoms. The molecule has 7 rings (SSSR count). The van der Waals surface area contributed by atoms with Crippen LogP contribution in [0.5, 0.6) is 0 Å². The van der Waals surface area contributed by atoms with Gasteiger partial charge in [-0.15, -0.1) is 11.3 Å². The molecule has 40 heavy (non-hydrogen) atoms. The largest absolute Gasteiger partial charge is 0.450 e. The van der Waals surface area contributed by atoms with Crippen molar-refractivity contribution >= 4 is 44.9 Å². The summed E-state index contributed by atoms with van der Waals surface area (Å²) < 4.78 is 6.18. The summed E-state index contributed by atoms with van der Waals surface area (Å²) in [6, 6.07) is 20.5. The summed E-state index contributed by atoms with van der Waals surface area (Å²) in [6.45, 7) is 7.97. The van der Waals surface area contributed by atoms with Crippen molar-refractivity contribution in [2.75, 3.05) is 9.80 Å². The van der Waals surface area contributed by atoms with Gasteiger partial charge in [0.1, 0.15) is 5.58 Å². The van der Waals surface area contributed by atoms with Gasteiger partial charge in [-0.1, -0.05) is 54.1 Å². The summed E-state index contributed by atoms with van der Waals surface area (Å²) in [5, 5.41) is 0.689. The van der Waals surface area contributed by atoms with Gasteiger partial charge in [0, 0.05) is 10.4 Å². The van der Waals surface area contributed by atoms with E-state index in [0.29, 0.717) is 27.4 Å². The molecular weight excluding hydrogens is 522 g/mol. The Hall–Kier alpha value is -4.56. The number of thiazole rings is 1. The smallest absolute Gasteiger partial charge is 0.297 e. The minimum atomic E-state index is -1.75. The lowest BCUT2D eigenvalue weighted by Gasteiger charge is -2.32. The Morgan fingerprint density at radius 3 is 2.42 bits per heavy atom. The van der Waals surface area contributed by atoms with Crippen LogP contribution in [0.2, 0.25) is 0 Å². The van der Waals surface area contributed by atoms with E-state index >= 15 is 0 Å². The van der Waals surface area contributed by atoms with Crippen LogP contribution in [-0.4, -0.2) is 16.8 Å². The second kappa shape index (κ2) is 8.47. The van der Waals surface area contributed by atoms with Crippen LogP contribution in [-0.2, 0) is 16.9 Å². The third-order valence-electron chi connectivity index (χ3n) is 8.08. The van der Waals surface area contributed by atoms with Crippen molar-refractivity contribution in [2.24, 2.45) is 0 Å². The Morgan fingerprint density at radius 2 is 1.68 bits per heavy atom. The molecule has 0 saturated heterocycles. The number of hydrogen-bond acceptors (Lipinski definition) is 6. The number of rotatable bonds is 3. The van der Waals surface area contributed by atoms with Crippen LogP contribution in [0.3, 0.4) is 0 Å². The van der Waals surface area contributed by atoms with Crippen LogP contribution in [0.15, 0.2) is 75.9 Å². The number of carbonyl (C=O) groups is 2. The van der Waals surface area contributed by atoms with Crippen molar-refractivity contribution in [1.29, 1.82) is 0 Å². The zero-order chi connectivity index (χ0) is 27.9. The maximum Gasteiger partial charge on any atom is 0.297 e. The van der Waals surface area contributed by atoms with Gasteiger partial charge in [-0.3, -0.25) is 19.3 Å². The summed E-state index contributed by atoms with van der Waals surface area (Å²) in [4.78, 5) is 52.4. The van der Waals surface area contributed by atoms with Crippen molar-refractivity contribution in [3.05, 3.63) is 121 Å². The summed E-state index contributed by atoms with van der Waals surface area (Å²) in [7, 11) is 0. The molecule has 0 aliphatic carbocycles. The fraction of sp³-hybridized carbons (Fsp3) is 0.188. The predicted molar refractivity (Wildman–Crippen MR) is 155 cm³/mol. The zero-order valence-corrected chi connectivity index (χ0v) is 23.3. The maximum absolute atomic E-state index is 15.0. The molecule has 3 aromatic carbocycles. The average molecular weight is 548 g/mol. The van der Waals surface area contributed by atoms with Gasteiger partial charge >= 0.3 is 0 Å². The molecule has 0 saturated carbocycles. The van der Waals surface area contributed by atoms with Crippen LogP contribution < -0.4 is 15.2 Å². The van der Waals surface area contributed by atoms with E-state index in [1.54, 1.807) is 17.0 Å². The van der Waals surface area contributed by atoms with Gasteiger partial charge in [0.2, 0.25) is 5.76 Å². The van der Waals surface area contributed by atoms with E-state index in [-0.39, 0.29) is 29.2 Å². The van der Waals surface area contributed by atoms with Gasteiger partial charge < -0.3 is 9.32 Å². The van der Waals surface area contributed by atoms with Crippen molar-refractivity contribution in [3.8, 4) is 0 Å². The minimum Gasteiger partial charge on any atom is -0.450 e. The van der Waals surface area contributed by atoms with E-state index in [1.807, 2.05) is 82.3 Å². The molecule has 2 amide bonds. The highest BCUT2D eigenvalue weighted by Gasteiger charge is 2.66. The first kappa shape index (κ1) is 24.5. The van der Waals surface area contributed by atoms with Crippen molar-refractivity contribution in [3.63, 3.8) is 0 Å². The minimum absolute atomic E-state index is 0.0471. The van der Waals surface area contributed by atoms with Crippen LogP contribution in [0.4, 0.5) is 10.8 Å². The first-order valence-electron chi connectivity index (χ1n) is 13.1. The number of aryl methyl sites for hydroxylation is 4. The maximum atomic E-state index is 15.0. The molecule has 1 unspecified atom stereocenters. The van der Waals surface area contributed by atoms with Gasteiger partial charge in [0.05, 0.1) is 28.9 Å². The van der Waals surface area contributed by atoms with Crippen LogP contribution >= 0.6 is 11.3 Å². The highest BCUT2D eigenvalue weighted by Crippen LogP contribution is 2.55. The van der Waals surface area contributed by atoms with Crippen LogP contribution in [0.25, 0.3) is 11.0 Å². The number of nitrogens with zero attached hydrogens (tertiary/aromatic N) is 3. The molecule has 0 bridgehead atoms. The summed E-state index contributed by atoms with van der Waals surface area (Å²) in [5.41, 5.74) is 3.08. The summed E-state index contributed by atoms with van der Waals surface area (Å²) in [6.07, 6.45) is 0. The second-order valence-corrected chi connectivity index (χ2v) is 11.6. The highest BCUT2D eigenvalue weighted by molar-refractivity contribution is 7.16. The predicted octanol–water partition coefficient (Wildman–Crippen LogP) is 5.93. The summed E-state index contributed by atoms with van der Waals surface area (Å²) >= 11 is 1.32. The van der Waals surface area contributed by atoms with E-state index in [1.165, 1.54) is 16.2 Å². The quantitative estimate of drug-likeness (QED) is 0.279. The van der Waals surface area contributed by atoms with E-state index in [4.69, 9.17) is 9.40 Å². The molecule has 2 aliphatic heterocycles. The van der Waals surface area contributed by atoms with Crippen molar-refractivity contribution < 1.29 is 14.0 Å². The first-order valence-corrected chi connectivity index (χ1v) is 13.9. The first-order chi connectivity index (χ1) is 19.2. The standard InChI is InChI=1S/C32H25N3O4S/c1-17-13-14-25-22(15-17)27(36)26-28(39-25)29(37)35(31-33-19(3)20(4)40-31)32(26)23-11-7-8-12-24(23)34(30(32)38)16-21-10-6-5-9-18(21)2/h5-15H,16H2,1-4H3. The fourth-order valence-electron chi connectivity index (χ4n) is 5.94. The van der Waals surface area contributed by atoms with Crippen molar-refractivity contribution in [1.82, 2.24) is 4.98 Å². The summed E-state index contributed by atoms with van der Waals surface area (Å²) in [5.74, 6) is -1.05. The van der Waals surface area contributed by atoms with E-state index < -0.39 is 11.4 Å². The Balaban J connectivity index is 1.58. The number of para-hydroxylation sites is 1. The zero-order valence-electron chi connectivity index (χ0n) is 22.4. The highest BCUT2D eigenvalue weighted by atomic mass is 32.1. The van der Waals surface area contributed by atoms with Crippen molar-refractivity contribution in [2.45, 2.75) is 39.8 Å². The Bertz CT molecular complexity index is 1950. The SMILES string of the molecule is Cc1ccc2oc3c(c(=O)c2c1)C1(C(=O)N(Cc2ccccc2C)c2ccccc21)N(c1nc(C)c(C)s1)C3=O. The molecule has 2 aliphatic rings. The molecule has 2 aromatic heterocycles. The van der Waals surface area contributed by atoms with E-state index in [9.17, 15) is 14.4 Å². The lowest BCUT2D eigenvalue weighted by atomic mass is 9.84. The second-order valence-electron chi connectivity index (χ2n) is 10.5. The van der Waals surface area contributed by atoms with Gasteiger partial charge in [0.25, 0.3) is 11.8 Å². The number of fused-ring (bicyclic) bond motifs is 5. The Labute approximate surface area is 234 Å². The molecule has 5 aromatic rings. The molecule has 0 fully saturated rings. The number of benzene rings is 3. The Morgan fingerprint density at radius 1 is 0.925 bits per heavy atom. The number of hydrogen-bond donors (Lipinski definition) is 0. The van der Waals surface area contributed by atoms with Crippen LogP contribution in [0.1, 0.15) is 48.9 Å². The topological polar surface area (TPSA) is 83.7 Å². The van der Waals surface area contributed by atoms with E-state index in [0.717, 1.165) is 27.3 Å². The van der Waals surface area contributed by atoms with Gasteiger partial charge in [-0.2, -0.15) is 0 Å². The third kappa shape index (κ3) is 3.11. The normalized spacial score (nSPS) is 17.8. The Kier molecular flexibility index (Phi) is 5.18. The lowest BCUT2D eigenvalue weighted by molar-refractivity contribution is -0.121. The van der Waals surface area contributed by atoms with Gasteiger partial charge in [-0.05, 0) is 57.0 Å². The number of amides is 2. The molecule has 4 heterocycles. The lowest BCUT2D eigenvalue weighted by Crippen LogP contribution is -2.53. The van der Waals surface area contributed by atoms with E-state index in [2.05, 4.69) is 0 Å². The molecule has 0 radical (unpaired) electrons. The number of aromatic nitrogens is 1. The van der Waals surface area contributed by atoms with Crippen LogP contribution in [0, 0.1) is 27.7 Å². The number of anilines is 2. The molecule has 198 valence electrons. The molecule has 8 heteroatoms. The molecule has 1 atom stereocenters. The number of carbonyl (C=O) groups excluding carboxylic acids is 2. The fourth-order valence-corrected chi connectivity index (χ4v) is 6.90. The molecule has 7 nitrogen and oxygen atoms in total. The third-order valence-corrected chi connectivity index (χ3v) is 9.14. The van der Waals surface area contributed by atoms with Gasteiger partial charge in [0.15, 0.2) is 16.1 Å². The monoisotopic (exact) mass is 547 g/mol. The van der Waals surface area contributed by atoms with Gasteiger partial charge in [-0.25, -0.2) is 4.98 Å². The molecular formula is C32H25N3O4S. The molecule has 0 N–H and O–H groups in total.